The second-order valence-electron chi connectivity index (χ2n) is 12.8. The molecule has 0 bridgehead atoms. The molecule has 0 aromatic heterocycles. The van der Waals surface area contributed by atoms with Gasteiger partial charge in [0, 0.05) is 51.6 Å². The Hall–Kier alpha value is -2.60. The van der Waals surface area contributed by atoms with Crippen LogP contribution in [-0.4, -0.2) is 110 Å². The number of ether oxygens (including phenoxy) is 1. The van der Waals surface area contributed by atoms with E-state index in [0.29, 0.717) is 48.3 Å². The summed E-state index contributed by atoms with van der Waals surface area (Å²) in [6.07, 6.45) is 3.44. The molecule has 3 aliphatic heterocycles. The molecule has 1 aromatic rings. The van der Waals surface area contributed by atoms with Gasteiger partial charge in [0.1, 0.15) is 11.4 Å². The van der Waals surface area contributed by atoms with E-state index in [9.17, 15) is 14.4 Å². The minimum atomic E-state index is -0.318. The van der Waals surface area contributed by atoms with Gasteiger partial charge in [-0.05, 0) is 84.3 Å². The Morgan fingerprint density at radius 3 is 2.34 bits per heavy atom. The van der Waals surface area contributed by atoms with E-state index >= 15 is 0 Å². The third-order valence-corrected chi connectivity index (χ3v) is 8.62. The van der Waals surface area contributed by atoms with E-state index < -0.39 is 0 Å². The van der Waals surface area contributed by atoms with Crippen LogP contribution in [0.25, 0.3) is 0 Å². The van der Waals surface area contributed by atoms with Gasteiger partial charge in [0.05, 0.1) is 22.3 Å². The normalized spacial score (nSPS) is 20.0. The molecule has 0 aliphatic carbocycles. The second kappa shape index (κ2) is 17.2. The summed E-state index contributed by atoms with van der Waals surface area (Å²) in [6.45, 7) is 16.0. The van der Waals surface area contributed by atoms with Gasteiger partial charge in [-0.2, -0.15) is 5.10 Å². The summed E-state index contributed by atoms with van der Waals surface area (Å²) in [7, 11) is 2.19. The highest BCUT2D eigenvalue weighted by molar-refractivity contribution is 6.42. The molecule has 3 amide bonds. The molecule has 11 nitrogen and oxygen atoms in total. The van der Waals surface area contributed by atoms with Crippen LogP contribution in [0.4, 0.5) is 10.5 Å². The molecule has 3 aliphatic rings. The van der Waals surface area contributed by atoms with E-state index in [2.05, 4.69) is 37.3 Å². The van der Waals surface area contributed by atoms with Crippen molar-refractivity contribution in [2.75, 3.05) is 71.0 Å². The van der Waals surface area contributed by atoms with Crippen LogP contribution in [0.3, 0.4) is 0 Å². The van der Waals surface area contributed by atoms with E-state index in [0.717, 1.165) is 44.3 Å². The number of urea groups is 1. The number of hydrogen-bond donors (Lipinski definition) is 2. The Balaban J connectivity index is 0.000000676. The topological polar surface area (TPSA) is 110 Å². The van der Waals surface area contributed by atoms with Crippen molar-refractivity contribution in [3.05, 3.63) is 28.2 Å². The second-order valence-corrected chi connectivity index (χ2v) is 13.6. The van der Waals surface area contributed by atoms with E-state index in [1.54, 1.807) is 12.1 Å². The number of rotatable bonds is 8. The van der Waals surface area contributed by atoms with Crippen LogP contribution < -0.4 is 15.6 Å². The number of amides is 3. The van der Waals surface area contributed by atoms with Crippen LogP contribution in [-0.2, 0) is 14.3 Å². The first kappa shape index (κ1) is 35.9. The summed E-state index contributed by atoms with van der Waals surface area (Å²) in [5.74, 6) is 1.40. The number of nitrogens with zero attached hydrogens (tertiary/aromatic N) is 5. The van der Waals surface area contributed by atoms with E-state index in [-0.39, 0.29) is 23.5 Å². The summed E-state index contributed by atoms with van der Waals surface area (Å²) in [4.78, 5) is 41.4. The summed E-state index contributed by atoms with van der Waals surface area (Å²) in [5, 5.41) is 13.2. The predicted molar refractivity (Wildman–Crippen MR) is 176 cm³/mol. The van der Waals surface area contributed by atoms with Crippen LogP contribution in [0.5, 0.6) is 0 Å². The van der Waals surface area contributed by atoms with Gasteiger partial charge in [0.25, 0.3) is 6.47 Å². The number of halogens is 2. The summed E-state index contributed by atoms with van der Waals surface area (Å²) in [6, 6.07) is 5.32. The molecule has 2 fully saturated rings. The highest BCUT2D eigenvalue weighted by Crippen LogP contribution is 2.29. The van der Waals surface area contributed by atoms with Crippen molar-refractivity contribution in [1.29, 1.82) is 0 Å². The maximum absolute atomic E-state index is 12.6. The van der Waals surface area contributed by atoms with Crippen LogP contribution in [0, 0.1) is 11.8 Å². The first-order valence-electron chi connectivity index (χ1n) is 15.5. The summed E-state index contributed by atoms with van der Waals surface area (Å²) < 4.78 is 4.55. The monoisotopic (exact) mass is 653 g/mol. The smallest absolute Gasteiger partial charge is 0.317 e. The largest absolute Gasteiger partial charge is 0.462 e. The zero-order valence-electron chi connectivity index (χ0n) is 26.8. The third kappa shape index (κ3) is 12.1. The Bertz CT molecular complexity index is 1130. The SMILES string of the molecule is CC(C)(C)OC=O.CC1CN(c2ccc(Cl)c(Cl)c2)N=C1NC(=O)CCCNC(=O)N1CCN(CC2CCN(C)CC2)CC1. The number of amidine groups is 1. The Morgan fingerprint density at radius 2 is 1.75 bits per heavy atom. The van der Waals surface area contributed by atoms with Crippen molar-refractivity contribution in [3.8, 4) is 0 Å². The highest BCUT2D eigenvalue weighted by Gasteiger charge is 2.26. The number of nitrogens with one attached hydrogen (secondary N) is 2. The van der Waals surface area contributed by atoms with Crippen molar-refractivity contribution >= 4 is 53.1 Å². The fourth-order valence-electron chi connectivity index (χ4n) is 5.22. The molecular formula is C31H49Cl2N7O4. The van der Waals surface area contributed by atoms with Crippen LogP contribution >= 0.6 is 23.2 Å². The first-order chi connectivity index (χ1) is 20.8. The fraction of sp³-hybridized carbons (Fsp3) is 0.677. The molecule has 1 aromatic carbocycles. The van der Waals surface area contributed by atoms with Crippen molar-refractivity contribution in [2.45, 2.75) is 59.0 Å². The number of piperazine rings is 1. The Labute approximate surface area is 272 Å². The number of hydrogen-bond acceptors (Lipinski definition) is 8. The Morgan fingerprint density at radius 1 is 1.07 bits per heavy atom. The highest BCUT2D eigenvalue weighted by atomic mass is 35.5. The Kier molecular flexibility index (Phi) is 14.0. The number of carbonyl (C=O) groups excluding carboxylic acids is 3. The molecule has 44 heavy (non-hydrogen) atoms. The van der Waals surface area contributed by atoms with Crippen LogP contribution in [0.2, 0.25) is 10.0 Å². The van der Waals surface area contributed by atoms with Crippen molar-refractivity contribution in [3.63, 3.8) is 0 Å². The van der Waals surface area contributed by atoms with Gasteiger partial charge < -0.3 is 25.2 Å². The molecular weight excluding hydrogens is 605 g/mol. The maximum Gasteiger partial charge on any atom is 0.317 e. The lowest BCUT2D eigenvalue weighted by Gasteiger charge is -2.38. The van der Waals surface area contributed by atoms with E-state index in [4.69, 9.17) is 23.2 Å². The molecule has 0 spiro atoms. The minimum absolute atomic E-state index is 0.0367. The van der Waals surface area contributed by atoms with Gasteiger partial charge in [0.2, 0.25) is 5.91 Å². The van der Waals surface area contributed by atoms with Crippen molar-refractivity contribution in [1.82, 2.24) is 25.3 Å². The average Bonchev–Trinajstić information content (AvgIpc) is 3.33. The van der Waals surface area contributed by atoms with Gasteiger partial charge in [-0.1, -0.05) is 30.1 Å². The number of hydrazone groups is 1. The summed E-state index contributed by atoms with van der Waals surface area (Å²) >= 11 is 12.1. The van der Waals surface area contributed by atoms with E-state index in [1.807, 2.05) is 43.7 Å². The average molecular weight is 655 g/mol. The van der Waals surface area contributed by atoms with Gasteiger partial charge in [-0.3, -0.25) is 19.5 Å². The van der Waals surface area contributed by atoms with Gasteiger partial charge in [-0.25, -0.2) is 4.79 Å². The zero-order chi connectivity index (χ0) is 32.3. The third-order valence-electron chi connectivity index (χ3n) is 7.88. The molecule has 246 valence electrons. The molecule has 1 atom stereocenters. The van der Waals surface area contributed by atoms with Crippen LogP contribution in [0.1, 0.15) is 53.4 Å². The first-order valence-corrected chi connectivity index (χ1v) is 16.3. The predicted octanol–water partition coefficient (Wildman–Crippen LogP) is 4.29. The zero-order valence-corrected chi connectivity index (χ0v) is 28.3. The van der Waals surface area contributed by atoms with Crippen molar-refractivity contribution in [2.24, 2.45) is 16.9 Å². The molecule has 3 heterocycles. The van der Waals surface area contributed by atoms with Crippen molar-refractivity contribution < 1.29 is 19.1 Å². The lowest BCUT2D eigenvalue weighted by Crippen LogP contribution is -2.53. The number of anilines is 1. The quantitative estimate of drug-likeness (QED) is 0.318. The molecule has 4 rings (SSSR count). The standard InChI is InChI=1S/C26H39Cl2N7O2.C5H10O2/c1-19-17-35(21-5-6-22(27)23(28)16-21)31-25(19)30-24(36)4-3-9-29-26(37)34-14-12-33(13-15-34)18-20-7-10-32(2)11-8-20;1-5(2,3)7-4-6/h5-6,16,19-20H,3-4,7-15,17-18H2,1-2H3,(H,29,37)(H,30,31,36);4H,1-3H3. The van der Waals surface area contributed by atoms with Crippen LogP contribution in [0.15, 0.2) is 23.3 Å². The van der Waals surface area contributed by atoms with Gasteiger partial charge in [0.15, 0.2) is 0 Å². The van der Waals surface area contributed by atoms with Gasteiger partial charge >= 0.3 is 6.03 Å². The lowest BCUT2D eigenvalue weighted by atomic mass is 9.96. The fourth-order valence-corrected chi connectivity index (χ4v) is 5.51. The molecule has 1 unspecified atom stereocenters. The molecule has 0 radical (unpaired) electrons. The molecule has 2 saturated heterocycles. The maximum atomic E-state index is 12.6. The molecule has 2 N–H and O–H groups in total. The summed E-state index contributed by atoms with van der Waals surface area (Å²) in [5.41, 5.74) is 0.512. The van der Waals surface area contributed by atoms with Gasteiger partial charge in [-0.15, -0.1) is 0 Å². The minimum Gasteiger partial charge on any atom is -0.462 e. The molecule has 0 saturated carbocycles. The number of carbonyl (C=O) groups is 3. The number of likely N-dealkylation sites (tertiary alicyclic amines) is 1. The number of piperidine rings is 1. The molecule has 13 heteroatoms. The lowest BCUT2D eigenvalue weighted by molar-refractivity contribution is -0.138. The number of benzene rings is 1. The van der Waals surface area contributed by atoms with E-state index in [1.165, 1.54) is 25.9 Å².